The summed E-state index contributed by atoms with van der Waals surface area (Å²) in [6.45, 7) is 3.45. The number of rotatable bonds is 4. The third-order valence-corrected chi connectivity index (χ3v) is 5.74. The molecule has 1 saturated carbocycles. The molecular formula is C17H30N2O3. The van der Waals surface area contributed by atoms with Gasteiger partial charge in [-0.05, 0) is 45.2 Å². The van der Waals surface area contributed by atoms with Gasteiger partial charge in [-0.3, -0.25) is 9.69 Å². The van der Waals surface area contributed by atoms with Crippen LogP contribution in [0.25, 0.3) is 0 Å². The third-order valence-electron chi connectivity index (χ3n) is 5.74. The van der Waals surface area contributed by atoms with E-state index in [0.29, 0.717) is 13.2 Å². The number of methoxy groups -OCH3 is 1. The molecule has 0 bridgehead atoms. The molecule has 0 spiro atoms. The molecule has 3 aliphatic rings. The molecule has 1 aliphatic carbocycles. The van der Waals surface area contributed by atoms with Crippen LogP contribution in [0.3, 0.4) is 0 Å². The minimum Gasteiger partial charge on any atom is -0.379 e. The largest absolute Gasteiger partial charge is 0.379 e. The summed E-state index contributed by atoms with van der Waals surface area (Å²) >= 11 is 0. The molecule has 2 atom stereocenters. The zero-order valence-electron chi connectivity index (χ0n) is 13.8. The maximum absolute atomic E-state index is 13.2. The van der Waals surface area contributed by atoms with Crippen molar-refractivity contribution in [3.63, 3.8) is 0 Å². The van der Waals surface area contributed by atoms with Gasteiger partial charge in [0.2, 0.25) is 5.91 Å². The molecule has 0 unspecified atom stereocenters. The SMILES string of the molecule is CO[C@H]1COCC[C@@H]1NC(=O)C1(N2CCCC2)CCCCC1. The fourth-order valence-corrected chi connectivity index (χ4v) is 4.38. The Balaban J connectivity index is 1.71. The Kier molecular flexibility index (Phi) is 5.37. The van der Waals surface area contributed by atoms with E-state index < -0.39 is 0 Å². The molecule has 5 nitrogen and oxygen atoms in total. The lowest BCUT2D eigenvalue weighted by atomic mass is 9.79. The van der Waals surface area contributed by atoms with Gasteiger partial charge < -0.3 is 14.8 Å². The lowest BCUT2D eigenvalue weighted by Crippen LogP contribution is -2.62. The molecule has 2 saturated heterocycles. The number of hydrogen-bond acceptors (Lipinski definition) is 4. The Bertz CT molecular complexity index is 376. The van der Waals surface area contributed by atoms with Crippen molar-refractivity contribution in [2.45, 2.75) is 69.1 Å². The Morgan fingerprint density at radius 3 is 2.59 bits per heavy atom. The number of hydrogen-bond donors (Lipinski definition) is 1. The van der Waals surface area contributed by atoms with E-state index in [1.54, 1.807) is 7.11 Å². The van der Waals surface area contributed by atoms with Gasteiger partial charge in [-0.25, -0.2) is 0 Å². The van der Waals surface area contributed by atoms with Crippen molar-refractivity contribution in [2.24, 2.45) is 0 Å². The lowest BCUT2D eigenvalue weighted by molar-refractivity contribution is -0.139. The number of carbonyl (C=O) groups is 1. The summed E-state index contributed by atoms with van der Waals surface area (Å²) in [6.07, 6.45) is 8.93. The normalized spacial score (nSPS) is 32.8. The first-order valence-corrected chi connectivity index (χ1v) is 8.93. The molecule has 22 heavy (non-hydrogen) atoms. The Morgan fingerprint density at radius 2 is 1.91 bits per heavy atom. The summed E-state index contributed by atoms with van der Waals surface area (Å²) in [5, 5.41) is 3.32. The van der Waals surface area contributed by atoms with E-state index in [1.165, 1.54) is 32.1 Å². The standard InChI is InChI=1S/C17H30N2O3/c1-21-15-13-22-12-7-14(15)18-16(20)17(8-3-2-4-9-17)19-10-5-6-11-19/h14-15H,2-13H2,1H3,(H,18,20)/t14-,15-/m0/s1. The minimum absolute atomic E-state index is 0.0167. The molecule has 126 valence electrons. The summed E-state index contributed by atoms with van der Waals surface area (Å²) in [5.41, 5.74) is -0.259. The van der Waals surface area contributed by atoms with Crippen LogP contribution in [0.4, 0.5) is 0 Å². The molecule has 2 heterocycles. The monoisotopic (exact) mass is 310 g/mol. The summed E-state index contributed by atoms with van der Waals surface area (Å²) in [7, 11) is 1.70. The van der Waals surface area contributed by atoms with E-state index in [1.807, 2.05) is 0 Å². The second kappa shape index (κ2) is 7.28. The first kappa shape index (κ1) is 16.2. The Labute approximate surface area is 133 Å². The number of ether oxygens (including phenoxy) is 2. The molecule has 5 heteroatoms. The van der Waals surface area contributed by atoms with Gasteiger partial charge in [-0.15, -0.1) is 0 Å². The molecule has 0 aromatic rings. The van der Waals surface area contributed by atoms with Gasteiger partial charge in [-0.1, -0.05) is 19.3 Å². The third kappa shape index (κ3) is 3.17. The van der Waals surface area contributed by atoms with Crippen molar-refractivity contribution in [3.8, 4) is 0 Å². The van der Waals surface area contributed by atoms with Gasteiger partial charge in [0, 0.05) is 13.7 Å². The van der Waals surface area contributed by atoms with Gasteiger partial charge in [-0.2, -0.15) is 0 Å². The molecule has 1 N–H and O–H groups in total. The number of nitrogens with one attached hydrogen (secondary N) is 1. The van der Waals surface area contributed by atoms with Crippen molar-refractivity contribution in [2.75, 3.05) is 33.4 Å². The molecule has 0 aromatic carbocycles. The smallest absolute Gasteiger partial charge is 0.240 e. The van der Waals surface area contributed by atoms with Crippen LogP contribution in [-0.2, 0) is 14.3 Å². The average molecular weight is 310 g/mol. The minimum atomic E-state index is -0.259. The summed E-state index contributed by atoms with van der Waals surface area (Å²) in [5.74, 6) is 0.239. The van der Waals surface area contributed by atoms with E-state index in [4.69, 9.17) is 9.47 Å². The van der Waals surface area contributed by atoms with Crippen LogP contribution in [0.2, 0.25) is 0 Å². The highest BCUT2D eigenvalue weighted by atomic mass is 16.5. The average Bonchev–Trinajstić information content (AvgIpc) is 3.11. The summed E-state index contributed by atoms with van der Waals surface area (Å²) < 4.78 is 11.0. The fraction of sp³-hybridized carbons (Fsp3) is 0.941. The number of nitrogens with zero attached hydrogens (tertiary/aromatic N) is 1. The van der Waals surface area contributed by atoms with Crippen LogP contribution >= 0.6 is 0 Å². The topological polar surface area (TPSA) is 50.8 Å². The molecule has 0 radical (unpaired) electrons. The first-order valence-electron chi connectivity index (χ1n) is 8.93. The van der Waals surface area contributed by atoms with Crippen LogP contribution in [-0.4, -0.2) is 61.9 Å². The van der Waals surface area contributed by atoms with Crippen molar-refractivity contribution in [1.82, 2.24) is 10.2 Å². The van der Waals surface area contributed by atoms with Crippen LogP contribution in [0.1, 0.15) is 51.4 Å². The summed E-state index contributed by atoms with van der Waals surface area (Å²) in [6, 6.07) is 0.0904. The quantitative estimate of drug-likeness (QED) is 0.859. The second-order valence-corrected chi connectivity index (χ2v) is 7.00. The molecule has 3 rings (SSSR count). The molecular weight excluding hydrogens is 280 g/mol. The van der Waals surface area contributed by atoms with Crippen LogP contribution < -0.4 is 5.32 Å². The van der Waals surface area contributed by atoms with Crippen molar-refractivity contribution in [1.29, 1.82) is 0 Å². The zero-order valence-corrected chi connectivity index (χ0v) is 13.8. The lowest BCUT2D eigenvalue weighted by Gasteiger charge is -2.44. The van der Waals surface area contributed by atoms with E-state index in [9.17, 15) is 4.79 Å². The van der Waals surface area contributed by atoms with E-state index in [2.05, 4.69) is 10.2 Å². The van der Waals surface area contributed by atoms with Gasteiger partial charge in [0.25, 0.3) is 0 Å². The van der Waals surface area contributed by atoms with Crippen LogP contribution in [0.15, 0.2) is 0 Å². The highest BCUT2D eigenvalue weighted by molar-refractivity contribution is 5.86. The Morgan fingerprint density at radius 1 is 1.18 bits per heavy atom. The van der Waals surface area contributed by atoms with Crippen molar-refractivity contribution in [3.05, 3.63) is 0 Å². The van der Waals surface area contributed by atoms with Gasteiger partial charge in [0.15, 0.2) is 0 Å². The predicted octanol–water partition coefficient (Wildman–Crippen LogP) is 1.71. The molecule has 2 aliphatic heterocycles. The van der Waals surface area contributed by atoms with Crippen molar-refractivity contribution >= 4 is 5.91 Å². The molecule has 3 fully saturated rings. The fourth-order valence-electron chi connectivity index (χ4n) is 4.38. The van der Waals surface area contributed by atoms with E-state index in [-0.39, 0.29) is 23.6 Å². The summed E-state index contributed by atoms with van der Waals surface area (Å²) in [4.78, 5) is 15.6. The van der Waals surface area contributed by atoms with Crippen molar-refractivity contribution < 1.29 is 14.3 Å². The second-order valence-electron chi connectivity index (χ2n) is 7.00. The molecule has 0 aromatic heterocycles. The number of amides is 1. The van der Waals surface area contributed by atoms with Crippen LogP contribution in [0, 0.1) is 0 Å². The maximum Gasteiger partial charge on any atom is 0.240 e. The molecule has 1 amide bonds. The Hall–Kier alpha value is -0.650. The highest BCUT2D eigenvalue weighted by Crippen LogP contribution is 2.36. The van der Waals surface area contributed by atoms with Gasteiger partial charge in [0.1, 0.15) is 11.6 Å². The first-order chi connectivity index (χ1) is 10.8. The zero-order chi connectivity index (χ0) is 15.4. The number of carbonyl (C=O) groups excluding carboxylic acids is 1. The predicted molar refractivity (Wildman–Crippen MR) is 84.8 cm³/mol. The van der Waals surface area contributed by atoms with Crippen LogP contribution in [0.5, 0.6) is 0 Å². The maximum atomic E-state index is 13.2. The van der Waals surface area contributed by atoms with E-state index in [0.717, 1.165) is 32.4 Å². The van der Waals surface area contributed by atoms with Gasteiger partial charge >= 0.3 is 0 Å². The number of likely N-dealkylation sites (tertiary alicyclic amines) is 1. The highest BCUT2D eigenvalue weighted by Gasteiger charge is 2.46. The van der Waals surface area contributed by atoms with E-state index >= 15 is 0 Å². The van der Waals surface area contributed by atoms with Gasteiger partial charge in [0.05, 0.1) is 12.6 Å².